The average Bonchev–Trinajstić information content (AvgIpc) is 3.04. The monoisotopic (exact) mass is 365 g/mol. The van der Waals surface area contributed by atoms with Crippen LogP contribution in [0.4, 0.5) is 0 Å². The second-order valence-corrected chi connectivity index (χ2v) is 7.20. The number of carbonyl (C=O) groups excluding carboxylic acids is 1. The number of aryl methyl sites for hydroxylation is 1. The number of benzene rings is 1. The molecule has 7 nitrogen and oxygen atoms in total. The van der Waals surface area contributed by atoms with Crippen molar-refractivity contribution in [3.8, 4) is 0 Å². The Morgan fingerprint density at radius 3 is 2.58 bits per heavy atom. The average molecular weight is 365 g/mol. The van der Waals surface area contributed by atoms with Gasteiger partial charge in [0.05, 0.1) is 25.3 Å². The first kappa shape index (κ1) is 20.4. The lowest BCUT2D eigenvalue weighted by atomic mass is 9.99. The predicted molar refractivity (Wildman–Crippen MR) is 95.0 cm³/mol. The lowest BCUT2D eigenvalue weighted by Crippen LogP contribution is -2.31. The lowest BCUT2D eigenvalue weighted by molar-refractivity contribution is -0.153. The molecule has 144 valence electrons. The van der Waals surface area contributed by atoms with Crippen molar-refractivity contribution >= 4 is 11.9 Å². The molecule has 1 fully saturated rings. The summed E-state index contributed by atoms with van der Waals surface area (Å²) in [4.78, 5) is 23.1. The van der Waals surface area contributed by atoms with Gasteiger partial charge in [-0.2, -0.15) is 0 Å². The molecule has 2 rings (SSSR count). The number of rotatable bonds is 8. The van der Waals surface area contributed by atoms with Gasteiger partial charge in [0.15, 0.2) is 6.29 Å². The summed E-state index contributed by atoms with van der Waals surface area (Å²) in [6.07, 6.45) is 0.881. The Bertz CT molecular complexity index is 631. The minimum atomic E-state index is -0.957. The smallest absolute Gasteiger partial charge is 0.335 e. The Morgan fingerprint density at radius 1 is 1.27 bits per heavy atom. The summed E-state index contributed by atoms with van der Waals surface area (Å²) >= 11 is 0. The SMILES string of the molecule is CC(C)(C)OC(=O)CNCc1ccc(C(=O)O)c(CCC2OCCO2)c1. The summed E-state index contributed by atoms with van der Waals surface area (Å²) in [5.41, 5.74) is 1.40. The highest BCUT2D eigenvalue weighted by Gasteiger charge is 2.18. The molecule has 2 N–H and O–H groups in total. The highest BCUT2D eigenvalue weighted by molar-refractivity contribution is 5.89. The quantitative estimate of drug-likeness (QED) is 0.682. The van der Waals surface area contributed by atoms with Crippen LogP contribution in [-0.4, -0.2) is 48.7 Å². The van der Waals surface area contributed by atoms with Crippen molar-refractivity contribution in [3.63, 3.8) is 0 Å². The second-order valence-electron chi connectivity index (χ2n) is 7.20. The standard InChI is InChI=1S/C19H27NO6/c1-19(2,3)26-16(21)12-20-11-13-4-6-15(18(22)23)14(10-13)5-7-17-24-8-9-25-17/h4,6,10,17,20H,5,7-9,11-12H2,1-3H3,(H,22,23). The zero-order chi connectivity index (χ0) is 19.2. The molecule has 0 bridgehead atoms. The molecule has 1 heterocycles. The number of esters is 1. The van der Waals surface area contributed by atoms with Crippen LogP contribution in [0.25, 0.3) is 0 Å². The molecule has 0 aromatic heterocycles. The second kappa shape index (κ2) is 9.12. The third-order valence-electron chi connectivity index (χ3n) is 3.76. The van der Waals surface area contributed by atoms with E-state index in [1.165, 1.54) is 0 Å². The Hall–Kier alpha value is -1.96. The van der Waals surface area contributed by atoms with Crippen molar-refractivity contribution in [1.82, 2.24) is 5.32 Å². The Morgan fingerprint density at radius 2 is 1.96 bits per heavy atom. The minimum Gasteiger partial charge on any atom is -0.478 e. The molecule has 1 aromatic rings. The van der Waals surface area contributed by atoms with Gasteiger partial charge in [-0.1, -0.05) is 12.1 Å². The van der Waals surface area contributed by atoms with Crippen LogP contribution in [0.3, 0.4) is 0 Å². The van der Waals surface area contributed by atoms with Gasteiger partial charge in [-0.15, -0.1) is 0 Å². The largest absolute Gasteiger partial charge is 0.478 e. The number of carbonyl (C=O) groups is 2. The Labute approximate surface area is 153 Å². The number of hydrogen-bond acceptors (Lipinski definition) is 6. The molecular formula is C19H27NO6. The summed E-state index contributed by atoms with van der Waals surface area (Å²) in [5.74, 6) is -1.28. The van der Waals surface area contributed by atoms with Crippen molar-refractivity contribution in [2.75, 3.05) is 19.8 Å². The molecule has 0 spiro atoms. The summed E-state index contributed by atoms with van der Waals surface area (Å²) in [7, 11) is 0. The molecule has 0 saturated carbocycles. The van der Waals surface area contributed by atoms with Crippen molar-refractivity contribution in [3.05, 3.63) is 34.9 Å². The molecule has 0 amide bonds. The van der Waals surface area contributed by atoms with E-state index in [0.717, 1.165) is 11.1 Å². The molecule has 0 unspecified atom stereocenters. The van der Waals surface area contributed by atoms with Crippen LogP contribution in [0, 0.1) is 0 Å². The van der Waals surface area contributed by atoms with E-state index in [1.54, 1.807) is 12.1 Å². The van der Waals surface area contributed by atoms with E-state index in [-0.39, 0.29) is 24.4 Å². The lowest BCUT2D eigenvalue weighted by Gasteiger charge is -2.19. The first-order valence-corrected chi connectivity index (χ1v) is 8.75. The maximum atomic E-state index is 11.7. The summed E-state index contributed by atoms with van der Waals surface area (Å²) in [5, 5.41) is 12.4. The van der Waals surface area contributed by atoms with E-state index < -0.39 is 11.6 Å². The van der Waals surface area contributed by atoms with E-state index >= 15 is 0 Å². The van der Waals surface area contributed by atoms with Crippen molar-refractivity contribution in [2.45, 2.75) is 52.0 Å². The third-order valence-corrected chi connectivity index (χ3v) is 3.76. The topological polar surface area (TPSA) is 94.1 Å². The van der Waals surface area contributed by atoms with E-state index in [2.05, 4.69) is 5.32 Å². The first-order valence-electron chi connectivity index (χ1n) is 8.75. The molecule has 26 heavy (non-hydrogen) atoms. The van der Waals surface area contributed by atoms with Gasteiger partial charge in [0.2, 0.25) is 0 Å². The Balaban J connectivity index is 1.92. The molecule has 1 aliphatic rings. The highest BCUT2D eigenvalue weighted by Crippen LogP contribution is 2.18. The van der Waals surface area contributed by atoms with E-state index in [4.69, 9.17) is 14.2 Å². The van der Waals surface area contributed by atoms with Crippen LogP contribution < -0.4 is 5.32 Å². The number of nitrogens with one attached hydrogen (secondary N) is 1. The first-order chi connectivity index (χ1) is 12.2. The van der Waals surface area contributed by atoms with Gasteiger partial charge in [0.1, 0.15) is 5.60 Å². The molecule has 1 saturated heterocycles. The van der Waals surface area contributed by atoms with E-state index in [1.807, 2.05) is 26.8 Å². The molecular weight excluding hydrogens is 338 g/mol. The number of aromatic carboxylic acids is 1. The van der Waals surface area contributed by atoms with Gasteiger partial charge < -0.3 is 24.6 Å². The fourth-order valence-electron chi connectivity index (χ4n) is 2.71. The number of carboxylic acid groups (broad SMARTS) is 1. The minimum absolute atomic E-state index is 0.0943. The molecule has 1 aromatic carbocycles. The van der Waals surface area contributed by atoms with Crippen LogP contribution >= 0.6 is 0 Å². The fraction of sp³-hybridized carbons (Fsp3) is 0.579. The zero-order valence-electron chi connectivity index (χ0n) is 15.5. The number of ether oxygens (including phenoxy) is 3. The predicted octanol–water partition coefficient (Wildman–Crippen LogP) is 2.12. The Kier molecular flexibility index (Phi) is 7.14. The normalized spacial score (nSPS) is 15.2. The maximum absolute atomic E-state index is 11.7. The highest BCUT2D eigenvalue weighted by atomic mass is 16.7. The molecule has 0 radical (unpaired) electrons. The van der Waals surface area contributed by atoms with Crippen LogP contribution in [0.15, 0.2) is 18.2 Å². The fourth-order valence-corrected chi connectivity index (χ4v) is 2.71. The zero-order valence-corrected chi connectivity index (χ0v) is 15.5. The van der Waals surface area contributed by atoms with Gasteiger partial charge in [0, 0.05) is 13.0 Å². The van der Waals surface area contributed by atoms with Gasteiger partial charge in [-0.25, -0.2) is 4.79 Å². The third kappa shape index (κ3) is 6.74. The van der Waals surface area contributed by atoms with E-state index in [0.29, 0.717) is 32.6 Å². The van der Waals surface area contributed by atoms with Gasteiger partial charge >= 0.3 is 11.9 Å². The summed E-state index contributed by atoms with van der Waals surface area (Å²) in [6.45, 7) is 7.15. The maximum Gasteiger partial charge on any atom is 0.335 e. The number of hydrogen-bond donors (Lipinski definition) is 2. The van der Waals surface area contributed by atoms with Crippen molar-refractivity contribution in [2.24, 2.45) is 0 Å². The van der Waals surface area contributed by atoms with E-state index in [9.17, 15) is 14.7 Å². The van der Waals surface area contributed by atoms with Crippen LogP contribution in [0.2, 0.25) is 0 Å². The van der Waals surface area contributed by atoms with Gasteiger partial charge in [-0.05, 0) is 44.4 Å². The van der Waals surface area contributed by atoms with Crippen LogP contribution in [0.1, 0.15) is 48.7 Å². The molecule has 1 aliphatic heterocycles. The number of carboxylic acids is 1. The molecule has 0 aliphatic carbocycles. The van der Waals surface area contributed by atoms with Gasteiger partial charge in [-0.3, -0.25) is 4.79 Å². The van der Waals surface area contributed by atoms with Crippen LogP contribution in [0.5, 0.6) is 0 Å². The van der Waals surface area contributed by atoms with Crippen molar-refractivity contribution in [1.29, 1.82) is 0 Å². The van der Waals surface area contributed by atoms with Gasteiger partial charge in [0.25, 0.3) is 0 Å². The molecule has 7 heteroatoms. The summed E-state index contributed by atoms with van der Waals surface area (Å²) < 4.78 is 16.0. The van der Waals surface area contributed by atoms with Crippen LogP contribution in [-0.2, 0) is 32.0 Å². The summed E-state index contributed by atoms with van der Waals surface area (Å²) in [6, 6.07) is 5.19. The van der Waals surface area contributed by atoms with Crippen molar-refractivity contribution < 1.29 is 28.9 Å². The molecule has 0 atom stereocenters.